The summed E-state index contributed by atoms with van der Waals surface area (Å²) in [5, 5.41) is 1.97. The highest BCUT2D eigenvalue weighted by molar-refractivity contribution is 7.10. The number of methoxy groups -OCH3 is 2. The molecular weight excluding hydrogens is 305 g/mol. The van der Waals surface area contributed by atoms with Crippen LogP contribution in [0, 0.1) is 12.7 Å². The average molecular weight is 323 g/mol. The molecule has 118 valence electrons. The first-order chi connectivity index (χ1) is 10.5. The molecule has 0 bridgehead atoms. The summed E-state index contributed by atoms with van der Waals surface area (Å²) in [6.45, 7) is 2.43. The maximum Gasteiger partial charge on any atom is 0.257 e. The van der Waals surface area contributed by atoms with E-state index in [1.807, 2.05) is 18.4 Å². The number of amides is 1. The molecular formula is C16H18FNO3S. The zero-order valence-corrected chi connectivity index (χ0v) is 13.8. The van der Waals surface area contributed by atoms with E-state index >= 15 is 0 Å². The monoisotopic (exact) mass is 323 g/mol. The fourth-order valence-electron chi connectivity index (χ4n) is 2.08. The first kappa shape index (κ1) is 16.3. The van der Waals surface area contributed by atoms with Crippen molar-refractivity contribution < 1.29 is 18.7 Å². The second-order valence-corrected chi connectivity index (χ2v) is 5.88. The standard InChI is InChI=1S/C16H18FNO3S/c1-10-5-6-22-15(10)9-18(2)16(19)11-7-13(20-3)14(21-4)8-12(11)17/h5-8H,9H2,1-4H3. The smallest absolute Gasteiger partial charge is 0.257 e. The number of ether oxygens (including phenoxy) is 2. The van der Waals surface area contributed by atoms with Gasteiger partial charge in [0.15, 0.2) is 11.5 Å². The second kappa shape index (κ2) is 6.79. The van der Waals surface area contributed by atoms with Crippen LogP contribution in [0.25, 0.3) is 0 Å². The first-order valence-corrected chi connectivity index (χ1v) is 7.55. The van der Waals surface area contributed by atoms with Crippen molar-refractivity contribution in [3.8, 4) is 11.5 Å². The highest BCUT2D eigenvalue weighted by Crippen LogP contribution is 2.30. The van der Waals surface area contributed by atoms with Gasteiger partial charge < -0.3 is 14.4 Å². The molecule has 0 fully saturated rings. The van der Waals surface area contributed by atoms with Gasteiger partial charge in [-0.1, -0.05) is 0 Å². The maximum absolute atomic E-state index is 14.1. The fourth-order valence-corrected chi connectivity index (χ4v) is 3.04. The van der Waals surface area contributed by atoms with Gasteiger partial charge in [-0.3, -0.25) is 4.79 Å². The first-order valence-electron chi connectivity index (χ1n) is 6.67. The zero-order chi connectivity index (χ0) is 16.3. The normalized spacial score (nSPS) is 10.4. The van der Waals surface area contributed by atoms with Gasteiger partial charge in [-0.05, 0) is 30.0 Å². The van der Waals surface area contributed by atoms with E-state index in [0.717, 1.165) is 16.5 Å². The van der Waals surface area contributed by atoms with Crippen LogP contribution >= 0.6 is 11.3 Å². The van der Waals surface area contributed by atoms with Gasteiger partial charge in [0.2, 0.25) is 0 Å². The third kappa shape index (κ3) is 3.22. The molecule has 1 aromatic heterocycles. The molecule has 0 saturated carbocycles. The molecule has 0 aliphatic carbocycles. The Morgan fingerprint density at radius 1 is 1.27 bits per heavy atom. The van der Waals surface area contributed by atoms with Crippen molar-refractivity contribution in [3.05, 3.63) is 45.4 Å². The molecule has 0 atom stereocenters. The van der Waals surface area contributed by atoms with E-state index in [4.69, 9.17) is 9.47 Å². The molecule has 0 spiro atoms. The van der Waals surface area contributed by atoms with Crippen molar-refractivity contribution in [1.82, 2.24) is 4.90 Å². The summed E-state index contributed by atoms with van der Waals surface area (Å²) in [6, 6.07) is 4.53. The van der Waals surface area contributed by atoms with E-state index in [1.165, 1.54) is 25.2 Å². The number of carbonyl (C=O) groups is 1. The number of carbonyl (C=O) groups excluding carboxylic acids is 1. The molecule has 1 amide bonds. The van der Waals surface area contributed by atoms with Crippen molar-refractivity contribution in [2.24, 2.45) is 0 Å². The van der Waals surface area contributed by atoms with Gasteiger partial charge in [0.05, 0.1) is 26.3 Å². The van der Waals surface area contributed by atoms with Crippen molar-refractivity contribution >= 4 is 17.2 Å². The summed E-state index contributed by atoms with van der Waals surface area (Å²) in [6.07, 6.45) is 0. The summed E-state index contributed by atoms with van der Waals surface area (Å²) >= 11 is 1.58. The topological polar surface area (TPSA) is 38.8 Å². The number of hydrogen-bond donors (Lipinski definition) is 0. The number of thiophene rings is 1. The van der Waals surface area contributed by atoms with Crippen LogP contribution in [0.2, 0.25) is 0 Å². The van der Waals surface area contributed by atoms with Gasteiger partial charge in [-0.2, -0.15) is 0 Å². The van der Waals surface area contributed by atoms with Crippen LogP contribution in [0.5, 0.6) is 11.5 Å². The Balaban J connectivity index is 2.27. The predicted molar refractivity (Wildman–Crippen MR) is 84.4 cm³/mol. The number of rotatable bonds is 5. The van der Waals surface area contributed by atoms with Crippen LogP contribution in [-0.2, 0) is 6.54 Å². The molecule has 22 heavy (non-hydrogen) atoms. The lowest BCUT2D eigenvalue weighted by molar-refractivity contribution is 0.0781. The minimum absolute atomic E-state index is 0.0330. The third-order valence-electron chi connectivity index (χ3n) is 3.40. The van der Waals surface area contributed by atoms with Gasteiger partial charge in [-0.25, -0.2) is 4.39 Å². The number of benzene rings is 1. The molecule has 0 aliphatic heterocycles. The van der Waals surface area contributed by atoms with Gasteiger partial charge in [0.25, 0.3) is 5.91 Å². The molecule has 0 unspecified atom stereocenters. The number of hydrogen-bond acceptors (Lipinski definition) is 4. The summed E-state index contributed by atoms with van der Waals surface area (Å²) < 4.78 is 24.3. The van der Waals surface area contributed by atoms with E-state index in [1.54, 1.807) is 18.4 Å². The quantitative estimate of drug-likeness (QED) is 0.845. The zero-order valence-electron chi connectivity index (χ0n) is 13.0. The van der Waals surface area contributed by atoms with Crippen LogP contribution in [0.15, 0.2) is 23.6 Å². The minimum atomic E-state index is -0.627. The van der Waals surface area contributed by atoms with Gasteiger partial charge >= 0.3 is 0 Å². The van der Waals surface area contributed by atoms with Gasteiger partial charge in [-0.15, -0.1) is 11.3 Å². The molecule has 1 heterocycles. The molecule has 0 saturated heterocycles. The SMILES string of the molecule is COc1cc(F)c(C(=O)N(C)Cc2sccc2C)cc1OC. The van der Waals surface area contributed by atoms with Crippen LogP contribution in [-0.4, -0.2) is 32.1 Å². The molecule has 0 radical (unpaired) electrons. The summed E-state index contributed by atoms with van der Waals surface area (Å²) in [7, 11) is 4.52. The van der Waals surface area contributed by atoms with E-state index in [0.29, 0.717) is 12.3 Å². The number of aryl methyl sites for hydroxylation is 1. The molecule has 2 rings (SSSR count). The Morgan fingerprint density at radius 2 is 1.91 bits per heavy atom. The summed E-state index contributed by atoms with van der Waals surface area (Å²) in [5.74, 6) is -0.440. The third-order valence-corrected chi connectivity index (χ3v) is 4.41. The lowest BCUT2D eigenvalue weighted by Gasteiger charge is -2.18. The van der Waals surface area contributed by atoms with E-state index in [-0.39, 0.29) is 11.3 Å². The molecule has 1 aromatic carbocycles. The Labute approximate surface area is 133 Å². The minimum Gasteiger partial charge on any atom is -0.493 e. The van der Waals surface area contributed by atoms with E-state index in [2.05, 4.69) is 0 Å². The lowest BCUT2D eigenvalue weighted by Crippen LogP contribution is -2.27. The van der Waals surface area contributed by atoms with E-state index < -0.39 is 11.7 Å². The van der Waals surface area contributed by atoms with Crippen molar-refractivity contribution in [1.29, 1.82) is 0 Å². The number of nitrogens with zero attached hydrogens (tertiary/aromatic N) is 1. The van der Waals surface area contributed by atoms with E-state index in [9.17, 15) is 9.18 Å². The largest absolute Gasteiger partial charge is 0.493 e. The Hall–Kier alpha value is -2.08. The van der Waals surface area contributed by atoms with Gasteiger partial charge in [0, 0.05) is 18.0 Å². The highest BCUT2D eigenvalue weighted by Gasteiger charge is 2.20. The lowest BCUT2D eigenvalue weighted by atomic mass is 10.1. The highest BCUT2D eigenvalue weighted by atomic mass is 32.1. The average Bonchev–Trinajstić information content (AvgIpc) is 2.91. The summed E-state index contributed by atoms with van der Waals surface area (Å²) in [5.41, 5.74) is 1.09. The van der Waals surface area contributed by atoms with Crippen molar-refractivity contribution in [2.75, 3.05) is 21.3 Å². The van der Waals surface area contributed by atoms with Crippen molar-refractivity contribution in [2.45, 2.75) is 13.5 Å². The maximum atomic E-state index is 14.1. The van der Waals surface area contributed by atoms with Crippen LogP contribution in [0.4, 0.5) is 4.39 Å². The molecule has 6 heteroatoms. The Kier molecular flexibility index (Phi) is 5.03. The van der Waals surface area contributed by atoms with Crippen LogP contribution in [0.3, 0.4) is 0 Å². The molecule has 0 N–H and O–H groups in total. The Bertz CT molecular complexity index is 684. The second-order valence-electron chi connectivity index (χ2n) is 4.88. The van der Waals surface area contributed by atoms with Gasteiger partial charge in [0.1, 0.15) is 5.82 Å². The number of halogens is 1. The van der Waals surface area contributed by atoms with Crippen molar-refractivity contribution in [3.63, 3.8) is 0 Å². The Morgan fingerprint density at radius 3 is 2.45 bits per heavy atom. The fraction of sp³-hybridized carbons (Fsp3) is 0.312. The van der Waals surface area contributed by atoms with Crippen LogP contribution < -0.4 is 9.47 Å². The summed E-state index contributed by atoms with van der Waals surface area (Å²) in [4.78, 5) is 15.0. The molecule has 4 nitrogen and oxygen atoms in total. The molecule has 2 aromatic rings. The predicted octanol–water partition coefficient (Wildman–Crippen LogP) is 3.49. The molecule has 0 aliphatic rings. The van der Waals surface area contributed by atoms with Crippen LogP contribution in [0.1, 0.15) is 20.8 Å².